The second kappa shape index (κ2) is 10.2. The Balaban J connectivity index is 1.26. The molecular weight excluding hydrogens is 503 g/mol. The van der Waals surface area contributed by atoms with Crippen molar-refractivity contribution in [3.8, 4) is 0 Å². The molecule has 1 aromatic carbocycles. The minimum absolute atomic E-state index is 0.190. The molecule has 4 N–H and O–H groups in total. The number of nitrogens with zero attached hydrogens (tertiary/aromatic N) is 4. The maximum absolute atomic E-state index is 14.1. The summed E-state index contributed by atoms with van der Waals surface area (Å²) in [5, 5.41) is 22.7. The normalized spacial score (nSPS) is 21.8. The average Bonchev–Trinajstić information content (AvgIpc) is 3.49. The van der Waals surface area contributed by atoms with Crippen molar-refractivity contribution in [3.63, 3.8) is 0 Å². The molecule has 2 aliphatic rings. The van der Waals surface area contributed by atoms with Gasteiger partial charge in [0.1, 0.15) is 23.7 Å². The first kappa shape index (κ1) is 25.4. The van der Waals surface area contributed by atoms with Gasteiger partial charge in [-0.1, -0.05) is 12.1 Å². The third-order valence-electron chi connectivity index (χ3n) is 6.70. The molecule has 0 saturated heterocycles. The van der Waals surface area contributed by atoms with Crippen LogP contribution in [0.15, 0.2) is 43.0 Å². The Morgan fingerprint density at radius 1 is 1.27 bits per heavy atom. The summed E-state index contributed by atoms with van der Waals surface area (Å²) in [6.07, 6.45) is 6.29. The molecule has 2 aliphatic carbocycles. The van der Waals surface area contributed by atoms with Crippen molar-refractivity contribution < 1.29 is 26.9 Å². The summed E-state index contributed by atoms with van der Waals surface area (Å²) in [6.45, 7) is 0.160. The summed E-state index contributed by atoms with van der Waals surface area (Å²) in [7, 11) is -4.11. The van der Waals surface area contributed by atoms with E-state index in [1.807, 2.05) is 6.07 Å². The average molecular weight is 531 g/mol. The topological polar surface area (TPSA) is 162 Å². The molecule has 0 aliphatic heterocycles. The molecule has 0 bridgehead atoms. The van der Waals surface area contributed by atoms with E-state index in [0.717, 1.165) is 24.0 Å². The largest absolute Gasteiger partial charge is 0.393 e. The van der Waals surface area contributed by atoms with E-state index < -0.39 is 22.3 Å². The lowest BCUT2D eigenvalue weighted by Crippen LogP contribution is -2.24. The van der Waals surface area contributed by atoms with E-state index >= 15 is 0 Å². The first-order valence-electron chi connectivity index (χ1n) is 11.9. The predicted octanol–water partition coefficient (Wildman–Crippen LogP) is 1.74. The summed E-state index contributed by atoms with van der Waals surface area (Å²) < 4.78 is 42.5. The van der Waals surface area contributed by atoms with Gasteiger partial charge in [-0.3, -0.25) is 13.7 Å². The highest BCUT2D eigenvalue weighted by molar-refractivity contribution is 7.84. The number of anilines is 1. The Bertz CT molecular complexity index is 1410. The molecule has 0 radical (unpaired) electrons. The fourth-order valence-corrected chi connectivity index (χ4v) is 5.05. The minimum Gasteiger partial charge on any atom is -0.393 e. The lowest BCUT2D eigenvalue weighted by molar-refractivity contribution is 0.101. The van der Waals surface area contributed by atoms with Crippen molar-refractivity contribution in [2.24, 2.45) is 11.1 Å². The Kier molecular flexibility index (Phi) is 7.03. The van der Waals surface area contributed by atoms with Gasteiger partial charge in [-0.25, -0.2) is 19.5 Å². The lowest BCUT2D eigenvalue weighted by Gasteiger charge is -2.15. The lowest BCUT2D eigenvalue weighted by atomic mass is 10.1. The molecule has 2 saturated carbocycles. The number of rotatable bonds is 10. The van der Waals surface area contributed by atoms with Gasteiger partial charge in [0.25, 0.3) is 0 Å². The van der Waals surface area contributed by atoms with Gasteiger partial charge < -0.3 is 10.4 Å². The monoisotopic (exact) mass is 530 g/mol. The molecule has 13 heteroatoms. The molecule has 2 heterocycles. The molecule has 5 rings (SSSR count). The summed E-state index contributed by atoms with van der Waals surface area (Å²) in [4.78, 5) is 21.4. The van der Waals surface area contributed by atoms with Crippen LogP contribution in [-0.2, 0) is 21.0 Å². The minimum atomic E-state index is -4.11. The zero-order valence-electron chi connectivity index (χ0n) is 19.8. The van der Waals surface area contributed by atoms with E-state index in [9.17, 15) is 22.7 Å². The Morgan fingerprint density at radius 2 is 2.08 bits per heavy atom. The standard InChI is InChI=1S/C24H27FN6O5S/c25-20-4-1-14(7-18(20)15-2-3-15)11-31-6-5-21(30-31)23(33)19-10-27-13-28-24(19)29-17-8-16(22(32)9-17)12-36-37(26,34)35/h1,4-7,10,13,15-17,22,32H,2-3,8-9,11-12H2,(H2,26,34,35)(H,27,28,29)/t16-,17-,22+/m1/s1. The SMILES string of the molecule is NS(=O)(=O)OC[C@H]1C[C@@H](Nc2ncncc2C(=O)c2ccn(Cc3ccc(F)c(C4CC4)c3)n2)C[C@@H]1O. The van der Waals surface area contributed by atoms with Gasteiger partial charge in [0.2, 0.25) is 5.78 Å². The van der Waals surface area contributed by atoms with Crippen molar-refractivity contribution in [3.05, 3.63) is 71.2 Å². The van der Waals surface area contributed by atoms with Crippen molar-refractivity contribution >= 4 is 21.9 Å². The number of benzene rings is 1. The fourth-order valence-electron chi connectivity index (χ4n) is 4.68. The molecular formula is C24H27FN6O5S. The van der Waals surface area contributed by atoms with Crippen LogP contribution in [-0.4, -0.2) is 57.8 Å². The summed E-state index contributed by atoms with van der Waals surface area (Å²) in [5.74, 6) is -0.444. The first-order valence-corrected chi connectivity index (χ1v) is 13.4. The number of carbonyl (C=O) groups excluding carboxylic acids is 1. The third kappa shape index (κ3) is 6.18. The van der Waals surface area contributed by atoms with Crippen molar-refractivity contribution in [2.45, 2.75) is 50.3 Å². The van der Waals surface area contributed by atoms with Gasteiger partial charge in [-0.2, -0.15) is 13.5 Å². The van der Waals surface area contributed by atoms with Crippen LogP contribution in [0.5, 0.6) is 0 Å². The molecule has 2 fully saturated rings. The van der Waals surface area contributed by atoms with Crippen LogP contribution in [0.1, 0.15) is 58.8 Å². The van der Waals surface area contributed by atoms with Crippen LogP contribution in [0, 0.1) is 11.7 Å². The predicted molar refractivity (Wildman–Crippen MR) is 130 cm³/mol. The van der Waals surface area contributed by atoms with E-state index in [1.165, 1.54) is 18.6 Å². The van der Waals surface area contributed by atoms with Crippen LogP contribution in [0.4, 0.5) is 10.2 Å². The van der Waals surface area contributed by atoms with Crippen molar-refractivity contribution in [1.29, 1.82) is 0 Å². The maximum Gasteiger partial charge on any atom is 0.333 e. The number of hydrogen-bond donors (Lipinski definition) is 3. The number of aliphatic hydroxyl groups is 1. The number of ketones is 1. The Hall–Kier alpha value is -3.26. The van der Waals surface area contributed by atoms with Crippen LogP contribution in [0.3, 0.4) is 0 Å². The highest BCUT2D eigenvalue weighted by atomic mass is 32.2. The second-order valence-corrected chi connectivity index (χ2v) is 10.8. The highest BCUT2D eigenvalue weighted by Crippen LogP contribution is 2.41. The summed E-state index contributed by atoms with van der Waals surface area (Å²) in [6, 6.07) is 6.38. The first-order chi connectivity index (χ1) is 17.7. The molecule has 37 heavy (non-hydrogen) atoms. The number of nitrogens with two attached hydrogens (primary N) is 1. The zero-order chi connectivity index (χ0) is 26.2. The van der Waals surface area contributed by atoms with Crippen LogP contribution < -0.4 is 10.5 Å². The van der Waals surface area contributed by atoms with Crippen LogP contribution in [0.2, 0.25) is 0 Å². The van der Waals surface area contributed by atoms with Crippen LogP contribution in [0.25, 0.3) is 0 Å². The van der Waals surface area contributed by atoms with E-state index in [4.69, 9.17) is 5.14 Å². The molecule has 2 aromatic heterocycles. The number of aliphatic hydroxyl groups excluding tert-OH is 1. The van der Waals surface area contributed by atoms with E-state index in [1.54, 1.807) is 23.0 Å². The fraction of sp³-hybridized carbons (Fsp3) is 0.417. The van der Waals surface area contributed by atoms with Crippen molar-refractivity contribution in [2.75, 3.05) is 11.9 Å². The molecule has 196 valence electrons. The molecule has 0 spiro atoms. The van der Waals surface area contributed by atoms with Gasteiger partial charge in [-0.05, 0) is 54.9 Å². The van der Waals surface area contributed by atoms with Gasteiger partial charge in [0, 0.05) is 24.4 Å². The third-order valence-corrected chi connectivity index (χ3v) is 7.16. The van der Waals surface area contributed by atoms with E-state index in [-0.39, 0.29) is 47.2 Å². The van der Waals surface area contributed by atoms with Gasteiger partial charge >= 0.3 is 10.3 Å². The Morgan fingerprint density at radius 3 is 2.84 bits per heavy atom. The number of carbonyl (C=O) groups is 1. The molecule has 0 unspecified atom stereocenters. The second-order valence-electron chi connectivity index (χ2n) is 9.56. The van der Waals surface area contributed by atoms with Gasteiger partial charge in [0.05, 0.1) is 24.8 Å². The quantitative estimate of drug-likeness (QED) is 0.331. The molecule has 0 amide bonds. The smallest absolute Gasteiger partial charge is 0.333 e. The molecule has 3 atom stereocenters. The number of aromatic nitrogens is 4. The number of halogens is 1. The number of hydrogen-bond acceptors (Lipinski definition) is 9. The summed E-state index contributed by atoms with van der Waals surface area (Å²) in [5.41, 5.74) is 2.04. The van der Waals surface area contributed by atoms with Crippen molar-refractivity contribution in [1.82, 2.24) is 19.7 Å². The van der Waals surface area contributed by atoms with Crippen LogP contribution >= 0.6 is 0 Å². The summed E-state index contributed by atoms with van der Waals surface area (Å²) >= 11 is 0. The zero-order valence-corrected chi connectivity index (χ0v) is 20.6. The Labute approximate surface area is 213 Å². The molecule has 3 aromatic rings. The van der Waals surface area contributed by atoms with E-state index in [0.29, 0.717) is 19.4 Å². The highest BCUT2D eigenvalue weighted by Gasteiger charge is 2.35. The molecule has 11 nitrogen and oxygen atoms in total. The van der Waals surface area contributed by atoms with Gasteiger partial charge in [0.15, 0.2) is 0 Å². The number of nitrogens with one attached hydrogen (secondary N) is 1. The van der Waals surface area contributed by atoms with E-state index in [2.05, 4.69) is 24.6 Å². The van der Waals surface area contributed by atoms with Gasteiger partial charge in [-0.15, -0.1) is 0 Å². The maximum atomic E-state index is 14.1.